The van der Waals surface area contributed by atoms with Gasteiger partial charge in [-0.1, -0.05) is 6.07 Å². The molecule has 6 nitrogen and oxygen atoms in total. The molecule has 18 heavy (non-hydrogen) atoms. The first-order chi connectivity index (χ1) is 8.69. The van der Waals surface area contributed by atoms with Crippen LogP contribution in [-0.2, 0) is 0 Å². The van der Waals surface area contributed by atoms with E-state index in [2.05, 4.69) is 4.98 Å². The smallest absolute Gasteiger partial charge is 0.270 e. The van der Waals surface area contributed by atoms with Crippen molar-refractivity contribution in [3.8, 4) is 12.1 Å². The largest absolute Gasteiger partial charge is 0.335 e. The third-order valence-electron chi connectivity index (χ3n) is 2.27. The number of carbonyl (C=O) groups excluding carboxylic acids is 1. The van der Waals surface area contributed by atoms with Gasteiger partial charge in [-0.25, -0.2) is 0 Å². The Labute approximate surface area is 104 Å². The number of nitrogens with one attached hydrogen (secondary N) is 1. The van der Waals surface area contributed by atoms with Gasteiger partial charge in [-0.2, -0.15) is 10.5 Å². The number of H-pyrrole nitrogens is 1. The first kappa shape index (κ1) is 13.5. The summed E-state index contributed by atoms with van der Waals surface area (Å²) in [6.45, 7) is 0.488. The van der Waals surface area contributed by atoms with Crippen molar-refractivity contribution in [3.05, 3.63) is 34.2 Å². The van der Waals surface area contributed by atoms with Crippen molar-refractivity contribution in [1.82, 2.24) is 9.88 Å². The lowest BCUT2D eigenvalue weighted by atomic mass is 10.2. The summed E-state index contributed by atoms with van der Waals surface area (Å²) in [5, 5.41) is 17.1. The molecule has 0 bridgehead atoms. The Morgan fingerprint density at radius 3 is 2.33 bits per heavy atom. The van der Waals surface area contributed by atoms with Gasteiger partial charge < -0.3 is 9.88 Å². The molecule has 0 saturated carbocycles. The zero-order valence-corrected chi connectivity index (χ0v) is 9.72. The highest BCUT2D eigenvalue weighted by Crippen LogP contribution is 2.02. The van der Waals surface area contributed by atoms with Crippen molar-refractivity contribution in [1.29, 1.82) is 10.5 Å². The van der Waals surface area contributed by atoms with Crippen LogP contribution in [0.3, 0.4) is 0 Å². The van der Waals surface area contributed by atoms with Gasteiger partial charge in [-0.05, 0) is 6.07 Å². The summed E-state index contributed by atoms with van der Waals surface area (Å²) in [5.74, 6) is -0.377. The summed E-state index contributed by atoms with van der Waals surface area (Å²) < 4.78 is 0. The summed E-state index contributed by atoms with van der Waals surface area (Å²) in [6.07, 6.45) is 0.377. The molecule has 0 radical (unpaired) electrons. The van der Waals surface area contributed by atoms with Gasteiger partial charge in [0.15, 0.2) is 0 Å². The molecule has 0 aliphatic carbocycles. The van der Waals surface area contributed by atoms with Crippen LogP contribution in [-0.4, -0.2) is 28.9 Å². The fraction of sp³-hybridized carbons (Fsp3) is 0.333. The van der Waals surface area contributed by atoms with Crippen LogP contribution in [0.1, 0.15) is 23.3 Å². The molecule has 1 N–H and O–H groups in total. The molecule has 6 heteroatoms. The van der Waals surface area contributed by atoms with Gasteiger partial charge in [-0.15, -0.1) is 0 Å². The molecule has 0 aliphatic heterocycles. The number of nitrogens with zero attached hydrogens (tertiary/aromatic N) is 3. The fourth-order valence-electron chi connectivity index (χ4n) is 1.43. The van der Waals surface area contributed by atoms with E-state index in [1.54, 1.807) is 0 Å². The van der Waals surface area contributed by atoms with E-state index >= 15 is 0 Å². The Morgan fingerprint density at radius 2 is 1.83 bits per heavy atom. The van der Waals surface area contributed by atoms with E-state index < -0.39 is 0 Å². The molecule has 1 aromatic heterocycles. The minimum atomic E-state index is -0.377. The molecular weight excluding hydrogens is 232 g/mol. The number of nitriles is 2. The number of rotatable bonds is 5. The first-order valence-corrected chi connectivity index (χ1v) is 5.41. The highest BCUT2D eigenvalue weighted by Gasteiger charge is 2.15. The third kappa shape index (κ3) is 3.76. The lowest BCUT2D eigenvalue weighted by molar-refractivity contribution is 0.0756. The average molecular weight is 244 g/mol. The lowest BCUT2D eigenvalue weighted by Crippen LogP contribution is -2.34. The maximum atomic E-state index is 12.0. The van der Waals surface area contributed by atoms with Crippen LogP contribution >= 0.6 is 0 Å². The van der Waals surface area contributed by atoms with Gasteiger partial charge in [0.05, 0.1) is 25.0 Å². The van der Waals surface area contributed by atoms with Crippen molar-refractivity contribution >= 4 is 5.91 Å². The van der Waals surface area contributed by atoms with Crippen molar-refractivity contribution < 1.29 is 4.79 Å². The minimum Gasteiger partial charge on any atom is -0.335 e. The van der Waals surface area contributed by atoms with Gasteiger partial charge in [0.1, 0.15) is 5.69 Å². The maximum Gasteiger partial charge on any atom is 0.270 e. The van der Waals surface area contributed by atoms with Crippen molar-refractivity contribution in [2.24, 2.45) is 0 Å². The second-order valence-electron chi connectivity index (χ2n) is 3.54. The topological polar surface area (TPSA) is 101 Å². The van der Waals surface area contributed by atoms with Gasteiger partial charge in [0.25, 0.3) is 5.91 Å². The number of pyridine rings is 1. The van der Waals surface area contributed by atoms with E-state index in [-0.39, 0.29) is 43.1 Å². The number of aromatic amines is 1. The second kappa shape index (κ2) is 6.87. The summed E-state index contributed by atoms with van der Waals surface area (Å²) in [5.41, 5.74) is -0.195. The fourth-order valence-corrected chi connectivity index (χ4v) is 1.43. The molecule has 0 saturated heterocycles. The molecule has 0 atom stereocenters. The molecule has 1 aromatic rings. The minimum absolute atomic E-state index is 0.165. The molecule has 1 heterocycles. The van der Waals surface area contributed by atoms with Gasteiger partial charge in [-0.3, -0.25) is 9.59 Å². The molecule has 0 aromatic carbocycles. The highest BCUT2D eigenvalue weighted by atomic mass is 16.2. The quantitative estimate of drug-likeness (QED) is 0.821. The number of hydrogen-bond acceptors (Lipinski definition) is 4. The molecule has 92 valence electrons. The Morgan fingerprint density at radius 1 is 1.22 bits per heavy atom. The number of hydrogen-bond donors (Lipinski definition) is 1. The molecule has 1 rings (SSSR count). The Balaban J connectivity index is 2.85. The lowest BCUT2D eigenvalue weighted by Gasteiger charge is -2.19. The second-order valence-corrected chi connectivity index (χ2v) is 3.54. The molecule has 0 unspecified atom stereocenters. The standard InChI is InChI=1S/C12H12N4O2/c13-6-2-8-16(9-3-7-14)12(18)10-4-1-5-11(17)15-10/h1,4-5H,2-3,8-9H2,(H,15,17). The van der Waals surface area contributed by atoms with E-state index in [1.807, 2.05) is 12.1 Å². The van der Waals surface area contributed by atoms with Crippen LogP contribution in [0.2, 0.25) is 0 Å². The molecule has 0 fully saturated rings. The summed E-state index contributed by atoms with van der Waals surface area (Å²) in [6, 6.07) is 8.18. The van der Waals surface area contributed by atoms with Crippen LogP contribution in [0.25, 0.3) is 0 Å². The Hall–Kier alpha value is -2.60. The molecule has 1 amide bonds. The van der Waals surface area contributed by atoms with E-state index in [9.17, 15) is 9.59 Å². The predicted octanol–water partition coefficient (Wildman–Crippen LogP) is 0.644. The van der Waals surface area contributed by atoms with Crippen LogP contribution < -0.4 is 5.56 Å². The zero-order valence-electron chi connectivity index (χ0n) is 9.72. The number of aromatic nitrogens is 1. The SMILES string of the molecule is N#CCCN(CCC#N)C(=O)c1cccc(=O)[nH]1. The van der Waals surface area contributed by atoms with E-state index in [4.69, 9.17) is 10.5 Å². The first-order valence-electron chi connectivity index (χ1n) is 5.41. The van der Waals surface area contributed by atoms with Gasteiger partial charge >= 0.3 is 0 Å². The normalized spacial score (nSPS) is 9.22. The molecule has 0 spiro atoms. The summed E-state index contributed by atoms with van der Waals surface area (Å²) in [7, 11) is 0. The summed E-state index contributed by atoms with van der Waals surface area (Å²) >= 11 is 0. The zero-order chi connectivity index (χ0) is 13.4. The van der Waals surface area contributed by atoms with Crippen molar-refractivity contribution in [3.63, 3.8) is 0 Å². The van der Waals surface area contributed by atoms with Crippen molar-refractivity contribution in [2.45, 2.75) is 12.8 Å². The van der Waals surface area contributed by atoms with Gasteiger partial charge in [0.2, 0.25) is 5.56 Å². The average Bonchev–Trinajstić information content (AvgIpc) is 2.38. The predicted molar refractivity (Wildman–Crippen MR) is 63.4 cm³/mol. The summed E-state index contributed by atoms with van der Waals surface area (Å²) in [4.78, 5) is 27.0. The van der Waals surface area contributed by atoms with E-state index in [1.165, 1.54) is 23.1 Å². The Kier molecular flexibility index (Phi) is 5.14. The van der Waals surface area contributed by atoms with Crippen molar-refractivity contribution in [2.75, 3.05) is 13.1 Å². The van der Waals surface area contributed by atoms with Crippen LogP contribution in [0, 0.1) is 22.7 Å². The highest BCUT2D eigenvalue weighted by molar-refractivity contribution is 5.92. The number of amides is 1. The van der Waals surface area contributed by atoms with E-state index in [0.29, 0.717) is 0 Å². The molecule has 0 aliphatic rings. The van der Waals surface area contributed by atoms with Crippen LogP contribution in [0.15, 0.2) is 23.0 Å². The van der Waals surface area contributed by atoms with E-state index in [0.717, 1.165) is 0 Å². The Bertz CT molecular complexity index is 532. The molecular formula is C12H12N4O2. The van der Waals surface area contributed by atoms with Crippen LogP contribution in [0.4, 0.5) is 0 Å². The monoisotopic (exact) mass is 244 g/mol. The maximum absolute atomic E-state index is 12.0. The van der Waals surface area contributed by atoms with Crippen LogP contribution in [0.5, 0.6) is 0 Å². The third-order valence-corrected chi connectivity index (χ3v) is 2.27. The number of carbonyl (C=O) groups is 1. The van der Waals surface area contributed by atoms with Gasteiger partial charge in [0, 0.05) is 19.2 Å².